The number of rotatable bonds is 2. The third-order valence-corrected chi connectivity index (χ3v) is 5.78. The van der Waals surface area contributed by atoms with Gasteiger partial charge in [0.05, 0.1) is 12.1 Å². The minimum atomic E-state index is -1.04. The fourth-order valence-corrected chi connectivity index (χ4v) is 4.23. The van der Waals surface area contributed by atoms with Crippen molar-refractivity contribution in [3.63, 3.8) is 0 Å². The van der Waals surface area contributed by atoms with E-state index in [2.05, 4.69) is 15.3 Å². The number of ether oxygens (including phenoxy) is 1. The van der Waals surface area contributed by atoms with Gasteiger partial charge < -0.3 is 20.1 Å². The number of hydrogen-bond donors (Lipinski definition) is 3. The van der Waals surface area contributed by atoms with Gasteiger partial charge in [-0.2, -0.15) is 0 Å². The molecule has 0 bridgehead atoms. The Morgan fingerprint density at radius 2 is 2.10 bits per heavy atom. The van der Waals surface area contributed by atoms with Gasteiger partial charge in [-0.15, -0.1) is 0 Å². The van der Waals surface area contributed by atoms with E-state index in [-0.39, 0.29) is 19.1 Å². The van der Waals surface area contributed by atoms with Crippen LogP contribution in [-0.2, 0) is 4.79 Å². The number of fused-ring (bicyclic) bond motifs is 2. The molecular weight excluding hydrogens is 396 g/mol. The highest BCUT2D eigenvalue weighted by Gasteiger charge is 2.30. The Labute approximate surface area is 178 Å². The predicted octanol–water partition coefficient (Wildman–Crippen LogP) is 4.14. The van der Waals surface area contributed by atoms with Crippen LogP contribution in [0.2, 0.25) is 0 Å². The van der Waals surface area contributed by atoms with Crippen molar-refractivity contribution in [2.24, 2.45) is 0 Å². The lowest BCUT2D eigenvalue weighted by molar-refractivity contribution is -0.110. The number of amides is 2. The minimum absolute atomic E-state index is 0.148. The molecule has 0 radical (unpaired) electrons. The highest BCUT2D eigenvalue weighted by atomic mass is 16.5. The second-order valence-corrected chi connectivity index (χ2v) is 7.53. The second kappa shape index (κ2) is 7.02. The van der Waals surface area contributed by atoms with Crippen LogP contribution in [0.4, 0.5) is 16.2 Å². The molecule has 156 valence electrons. The lowest BCUT2D eigenvalue weighted by Crippen LogP contribution is -2.37. The van der Waals surface area contributed by atoms with Gasteiger partial charge in [0.2, 0.25) is 5.88 Å². The van der Waals surface area contributed by atoms with Crippen LogP contribution in [-0.4, -0.2) is 40.2 Å². The first-order valence-corrected chi connectivity index (χ1v) is 9.89. The lowest BCUT2D eigenvalue weighted by Gasteiger charge is -2.28. The third kappa shape index (κ3) is 2.95. The molecule has 4 heterocycles. The van der Waals surface area contributed by atoms with Gasteiger partial charge in [-0.25, -0.2) is 9.78 Å². The third-order valence-electron chi connectivity index (χ3n) is 5.78. The Kier molecular flexibility index (Phi) is 4.28. The van der Waals surface area contributed by atoms with Crippen molar-refractivity contribution >= 4 is 34.5 Å². The number of aromatic nitrogens is 2. The monoisotopic (exact) mass is 416 g/mol. The quantitative estimate of drug-likeness (QED) is 0.544. The summed E-state index contributed by atoms with van der Waals surface area (Å²) in [6, 6.07) is 9.52. The van der Waals surface area contributed by atoms with Gasteiger partial charge >= 0.3 is 6.09 Å². The van der Waals surface area contributed by atoms with Gasteiger partial charge in [-0.1, -0.05) is 6.07 Å². The number of carbonyl (C=O) groups is 2. The van der Waals surface area contributed by atoms with Crippen LogP contribution < -0.4 is 15.0 Å². The maximum atomic E-state index is 12.7. The molecule has 5 rings (SSSR count). The van der Waals surface area contributed by atoms with Crippen LogP contribution in [0.3, 0.4) is 0 Å². The molecule has 1 aromatic carbocycles. The molecule has 2 amide bonds. The number of hydrogen-bond acceptors (Lipinski definition) is 4. The molecule has 8 nitrogen and oxygen atoms in total. The summed E-state index contributed by atoms with van der Waals surface area (Å²) in [5.41, 5.74) is 6.74. The average molecular weight is 416 g/mol. The number of pyridine rings is 1. The fraction of sp³-hybridized carbons (Fsp3) is 0.174. The van der Waals surface area contributed by atoms with E-state index in [0.717, 1.165) is 39.2 Å². The largest absolute Gasteiger partial charge is 0.474 e. The number of allylic oxidation sites excluding steroid dienone is 1. The SMILES string of the molecule is CC(=C1C(=O)Nc2ccc(-c3cnc4c(c3C)N(C(=O)O)CCO4)cc21)c1ccc[nH]1. The Morgan fingerprint density at radius 1 is 1.26 bits per heavy atom. The standard InChI is InChI=1S/C23H20N4O4/c1-12-16(11-25-22-20(12)27(23(29)30)8-9-31-22)14-5-6-18-15(10-14)19(21(28)26-18)13(2)17-4-3-7-24-17/h3-7,10-11,24H,8-9H2,1-2H3,(H,26,28)(H,29,30). The van der Waals surface area contributed by atoms with Crippen LogP contribution in [0.15, 0.2) is 42.7 Å². The number of nitrogens with zero attached hydrogens (tertiary/aromatic N) is 2. The summed E-state index contributed by atoms with van der Waals surface area (Å²) < 4.78 is 5.57. The van der Waals surface area contributed by atoms with Gasteiger partial charge in [-0.3, -0.25) is 9.69 Å². The molecule has 2 aliphatic heterocycles. The zero-order chi connectivity index (χ0) is 21.7. The number of carboxylic acid groups (broad SMARTS) is 1. The smallest absolute Gasteiger partial charge is 0.412 e. The van der Waals surface area contributed by atoms with Crippen LogP contribution in [0.5, 0.6) is 5.88 Å². The summed E-state index contributed by atoms with van der Waals surface area (Å²) in [6.45, 7) is 4.29. The molecule has 31 heavy (non-hydrogen) atoms. The molecule has 0 aliphatic carbocycles. The number of anilines is 2. The summed E-state index contributed by atoms with van der Waals surface area (Å²) in [5, 5.41) is 12.5. The molecule has 0 atom stereocenters. The van der Waals surface area contributed by atoms with Crippen molar-refractivity contribution in [1.29, 1.82) is 0 Å². The van der Waals surface area contributed by atoms with Gasteiger partial charge in [0.15, 0.2) is 0 Å². The zero-order valence-electron chi connectivity index (χ0n) is 17.0. The van der Waals surface area contributed by atoms with Crippen LogP contribution >= 0.6 is 0 Å². The van der Waals surface area contributed by atoms with E-state index in [1.165, 1.54) is 4.90 Å². The van der Waals surface area contributed by atoms with E-state index in [1.54, 1.807) is 6.20 Å². The average Bonchev–Trinajstić information content (AvgIpc) is 3.40. The normalized spacial score (nSPS) is 16.3. The van der Waals surface area contributed by atoms with E-state index in [0.29, 0.717) is 17.1 Å². The Balaban J connectivity index is 1.65. The Bertz CT molecular complexity index is 1260. The summed E-state index contributed by atoms with van der Waals surface area (Å²) in [6.07, 6.45) is 2.47. The first-order chi connectivity index (χ1) is 15.0. The fourth-order valence-electron chi connectivity index (χ4n) is 4.23. The van der Waals surface area contributed by atoms with Crippen LogP contribution in [0, 0.1) is 6.92 Å². The lowest BCUT2D eigenvalue weighted by atomic mass is 9.94. The molecule has 0 spiro atoms. The van der Waals surface area contributed by atoms with E-state index >= 15 is 0 Å². The first kappa shape index (κ1) is 18.9. The molecule has 2 aliphatic rings. The van der Waals surface area contributed by atoms with E-state index in [9.17, 15) is 14.7 Å². The second-order valence-electron chi connectivity index (χ2n) is 7.53. The summed E-state index contributed by atoms with van der Waals surface area (Å²) in [4.78, 5) is 33.2. The van der Waals surface area contributed by atoms with Crippen molar-refractivity contribution in [3.05, 3.63) is 59.5 Å². The highest BCUT2D eigenvalue weighted by Crippen LogP contribution is 2.42. The van der Waals surface area contributed by atoms with E-state index in [4.69, 9.17) is 4.74 Å². The Morgan fingerprint density at radius 3 is 2.84 bits per heavy atom. The van der Waals surface area contributed by atoms with Gasteiger partial charge in [-0.05, 0) is 54.8 Å². The number of benzene rings is 1. The number of nitrogens with one attached hydrogen (secondary N) is 2. The molecule has 3 N–H and O–H groups in total. The summed E-state index contributed by atoms with van der Waals surface area (Å²) in [7, 11) is 0. The van der Waals surface area contributed by atoms with Crippen molar-refractivity contribution in [2.75, 3.05) is 23.4 Å². The molecule has 0 fully saturated rings. The van der Waals surface area contributed by atoms with Gasteiger partial charge in [0.1, 0.15) is 12.3 Å². The Hall–Kier alpha value is -4.07. The van der Waals surface area contributed by atoms with Crippen molar-refractivity contribution < 1.29 is 19.4 Å². The minimum Gasteiger partial charge on any atom is -0.474 e. The maximum Gasteiger partial charge on any atom is 0.412 e. The molecule has 0 unspecified atom stereocenters. The van der Waals surface area contributed by atoms with Crippen molar-refractivity contribution in [3.8, 4) is 17.0 Å². The molecule has 0 saturated heterocycles. The molecule has 2 aromatic heterocycles. The number of aromatic amines is 1. The van der Waals surface area contributed by atoms with E-state index in [1.807, 2.05) is 50.4 Å². The zero-order valence-corrected chi connectivity index (χ0v) is 17.0. The predicted molar refractivity (Wildman–Crippen MR) is 117 cm³/mol. The number of H-pyrrole nitrogens is 1. The highest BCUT2D eigenvalue weighted by molar-refractivity contribution is 6.36. The topological polar surface area (TPSA) is 108 Å². The molecule has 3 aromatic rings. The molecule has 8 heteroatoms. The van der Waals surface area contributed by atoms with Crippen LogP contribution in [0.25, 0.3) is 22.3 Å². The van der Waals surface area contributed by atoms with Crippen LogP contribution in [0.1, 0.15) is 23.7 Å². The molecular formula is C23H20N4O4. The number of carbonyl (C=O) groups excluding carboxylic acids is 1. The maximum absolute atomic E-state index is 12.7. The summed E-state index contributed by atoms with van der Waals surface area (Å²) in [5.74, 6) is 0.168. The van der Waals surface area contributed by atoms with Gasteiger partial charge in [0, 0.05) is 34.9 Å². The summed E-state index contributed by atoms with van der Waals surface area (Å²) >= 11 is 0. The first-order valence-electron chi connectivity index (χ1n) is 9.89. The van der Waals surface area contributed by atoms with E-state index < -0.39 is 6.09 Å². The van der Waals surface area contributed by atoms with Gasteiger partial charge in [0.25, 0.3) is 5.91 Å². The van der Waals surface area contributed by atoms with Crippen molar-refractivity contribution in [2.45, 2.75) is 13.8 Å². The van der Waals surface area contributed by atoms with Crippen molar-refractivity contribution in [1.82, 2.24) is 9.97 Å². The molecule has 0 saturated carbocycles.